The molecule has 0 aliphatic rings. The summed E-state index contributed by atoms with van der Waals surface area (Å²) in [5, 5.41) is 4.14. The highest BCUT2D eigenvalue weighted by Gasteiger charge is 1.98. The lowest BCUT2D eigenvalue weighted by Crippen LogP contribution is -2.01. The maximum atomic E-state index is 5.84. The van der Waals surface area contributed by atoms with Crippen molar-refractivity contribution >= 4 is 23.0 Å². The fourth-order valence-electron chi connectivity index (χ4n) is 1.68. The predicted octanol–water partition coefficient (Wildman–Crippen LogP) is 3.84. The highest BCUT2D eigenvalue weighted by atomic mass is 35.5. The number of rotatable bonds is 3. The highest BCUT2D eigenvalue weighted by molar-refractivity contribution is 6.30. The zero-order valence-electron chi connectivity index (χ0n) is 9.70. The van der Waals surface area contributed by atoms with Gasteiger partial charge in [0, 0.05) is 22.9 Å². The van der Waals surface area contributed by atoms with Crippen LogP contribution in [0.15, 0.2) is 42.5 Å². The van der Waals surface area contributed by atoms with E-state index in [9.17, 15) is 0 Å². The Morgan fingerprint density at radius 1 is 1.12 bits per heavy atom. The van der Waals surface area contributed by atoms with Gasteiger partial charge >= 0.3 is 0 Å². The van der Waals surface area contributed by atoms with Gasteiger partial charge in [0.05, 0.1) is 0 Å². The molecule has 2 rings (SSSR count). The average Bonchev–Trinajstić information content (AvgIpc) is 2.30. The molecule has 2 aromatic rings. The number of nitrogens with one attached hydrogen (secondary N) is 1. The zero-order valence-corrected chi connectivity index (χ0v) is 10.5. The number of anilines is 2. The Morgan fingerprint density at radius 3 is 2.47 bits per heavy atom. The van der Waals surface area contributed by atoms with E-state index in [-0.39, 0.29) is 0 Å². The van der Waals surface area contributed by atoms with E-state index in [1.165, 1.54) is 5.56 Å². The maximum absolute atomic E-state index is 5.84. The Kier molecular flexibility index (Phi) is 3.55. The summed E-state index contributed by atoms with van der Waals surface area (Å²) in [5.74, 6) is 0. The van der Waals surface area contributed by atoms with Crippen molar-refractivity contribution < 1.29 is 0 Å². The smallest absolute Gasteiger partial charge is 0.0406 e. The largest absolute Gasteiger partial charge is 0.399 e. The van der Waals surface area contributed by atoms with Crippen LogP contribution in [0.2, 0.25) is 5.02 Å². The van der Waals surface area contributed by atoms with Gasteiger partial charge in [-0.1, -0.05) is 23.7 Å². The van der Waals surface area contributed by atoms with E-state index in [0.29, 0.717) is 0 Å². The molecule has 0 atom stereocenters. The highest BCUT2D eigenvalue weighted by Crippen LogP contribution is 2.18. The van der Waals surface area contributed by atoms with Crippen LogP contribution < -0.4 is 11.1 Å². The lowest BCUT2D eigenvalue weighted by Gasteiger charge is -2.10. The molecule has 0 saturated heterocycles. The van der Waals surface area contributed by atoms with Crippen LogP contribution in [0.3, 0.4) is 0 Å². The topological polar surface area (TPSA) is 38.0 Å². The summed E-state index contributed by atoms with van der Waals surface area (Å²) >= 11 is 5.84. The van der Waals surface area contributed by atoms with E-state index >= 15 is 0 Å². The fraction of sp³-hybridized carbons (Fsp3) is 0.143. The summed E-state index contributed by atoms with van der Waals surface area (Å²) in [5.41, 5.74) is 9.96. The van der Waals surface area contributed by atoms with Crippen LogP contribution in [0.1, 0.15) is 11.1 Å². The number of aryl methyl sites for hydroxylation is 1. The average molecular weight is 247 g/mol. The molecule has 0 spiro atoms. The number of nitrogen functional groups attached to an aromatic ring is 1. The summed E-state index contributed by atoms with van der Waals surface area (Å²) in [6, 6.07) is 13.7. The minimum atomic E-state index is 0.761. The van der Waals surface area contributed by atoms with Crippen molar-refractivity contribution in [3.8, 4) is 0 Å². The van der Waals surface area contributed by atoms with Crippen LogP contribution in [0.4, 0.5) is 11.4 Å². The third-order valence-electron chi connectivity index (χ3n) is 2.65. The van der Waals surface area contributed by atoms with E-state index < -0.39 is 0 Å². The van der Waals surface area contributed by atoms with Gasteiger partial charge in [-0.25, -0.2) is 0 Å². The molecule has 0 aromatic heterocycles. The van der Waals surface area contributed by atoms with Crippen molar-refractivity contribution in [3.05, 3.63) is 58.6 Å². The first-order valence-corrected chi connectivity index (χ1v) is 5.87. The summed E-state index contributed by atoms with van der Waals surface area (Å²) < 4.78 is 0. The molecule has 88 valence electrons. The molecule has 0 heterocycles. The van der Waals surface area contributed by atoms with Crippen molar-refractivity contribution in [1.82, 2.24) is 0 Å². The minimum absolute atomic E-state index is 0.761. The first-order chi connectivity index (χ1) is 8.15. The predicted molar refractivity (Wildman–Crippen MR) is 74.4 cm³/mol. The van der Waals surface area contributed by atoms with Crippen LogP contribution in [0.25, 0.3) is 0 Å². The number of nitrogens with two attached hydrogens (primary N) is 1. The van der Waals surface area contributed by atoms with Crippen molar-refractivity contribution in [2.24, 2.45) is 0 Å². The molecule has 2 aromatic carbocycles. The number of halogens is 1. The van der Waals surface area contributed by atoms with E-state index in [1.54, 1.807) is 0 Å². The van der Waals surface area contributed by atoms with Gasteiger partial charge < -0.3 is 11.1 Å². The first kappa shape index (κ1) is 11.8. The first-order valence-electron chi connectivity index (χ1n) is 5.49. The SMILES string of the molecule is Cc1cc(N)ccc1NCc1ccc(Cl)cc1. The molecule has 0 amide bonds. The molecule has 3 heteroatoms. The molecule has 0 unspecified atom stereocenters. The van der Waals surface area contributed by atoms with Gasteiger partial charge in [0.1, 0.15) is 0 Å². The maximum Gasteiger partial charge on any atom is 0.0406 e. The second-order valence-electron chi connectivity index (χ2n) is 4.05. The summed E-state index contributed by atoms with van der Waals surface area (Å²) in [6.45, 7) is 2.82. The Bertz CT molecular complexity index is 506. The summed E-state index contributed by atoms with van der Waals surface area (Å²) in [6.07, 6.45) is 0. The van der Waals surface area contributed by atoms with E-state index in [1.807, 2.05) is 49.4 Å². The summed E-state index contributed by atoms with van der Waals surface area (Å²) in [7, 11) is 0. The van der Waals surface area contributed by atoms with Crippen LogP contribution in [-0.4, -0.2) is 0 Å². The molecule has 3 N–H and O–H groups in total. The monoisotopic (exact) mass is 246 g/mol. The molecule has 0 radical (unpaired) electrons. The van der Waals surface area contributed by atoms with Gasteiger partial charge in [-0.2, -0.15) is 0 Å². The molecule has 0 aliphatic heterocycles. The molecular weight excluding hydrogens is 232 g/mol. The quantitative estimate of drug-likeness (QED) is 0.808. The van der Waals surface area contributed by atoms with Crippen molar-refractivity contribution in [2.75, 3.05) is 11.1 Å². The lowest BCUT2D eigenvalue weighted by molar-refractivity contribution is 1.14. The lowest BCUT2D eigenvalue weighted by atomic mass is 10.1. The zero-order chi connectivity index (χ0) is 12.3. The van der Waals surface area contributed by atoms with E-state index in [0.717, 1.165) is 28.5 Å². The minimum Gasteiger partial charge on any atom is -0.399 e. The van der Waals surface area contributed by atoms with Crippen LogP contribution >= 0.6 is 11.6 Å². The normalized spacial score (nSPS) is 10.2. The Morgan fingerprint density at radius 2 is 1.82 bits per heavy atom. The second-order valence-corrected chi connectivity index (χ2v) is 4.49. The van der Waals surface area contributed by atoms with Crippen molar-refractivity contribution in [2.45, 2.75) is 13.5 Å². The fourth-order valence-corrected chi connectivity index (χ4v) is 1.81. The molecule has 2 nitrogen and oxygen atoms in total. The van der Waals surface area contributed by atoms with Gasteiger partial charge in [0.25, 0.3) is 0 Å². The standard InChI is InChI=1S/C14H15ClN2/c1-10-8-13(16)6-7-14(10)17-9-11-2-4-12(15)5-3-11/h2-8,17H,9,16H2,1H3. The van der Waals surface area contributed by atoms with Gasteiger partial charge in [-0.15, -0.1) is 0 Å². The number of hydrogen-bond donors (Lipinski definition) is 2. The van der Waals surface area contributed by atoms with Crippen LogP contribution in [-0.2, 0) is 6.54 Å². The molecule has 0 bridgehead atoms. The number of benzene rings is 2. The van der Waals surface area contributed by atoms with Crippen molar-refractivity contribution in [3.63, 3.8) is 0 Å². The molecular formula is C14H15ClN2. The Labute approximate surface area is 106 Å². The van der Waals surface area contributed by atoms with E-state index in [4.69, 9.17) is 17.3 Å². The van der Waals surface area contributed by atoms with Crippen LogP contribution in [0, 0.1) is 6.92 Å². The number of hydrogen-bond acceptors (Lipinski definition) is 2. The Balaban J connectivity index is 2.04. The van der Waals surface area contributed by atoms with Gasteiger partial charge in [-0.3, -0.25) is 0 Å². The third kappa shape index (κ3) is 3.14. The van der Waals surface area contributed by atoms with E-state index in [2.05, 4.69) is 5.32 Å². The van der Waals surface area contributed by atoms with Gasteiger partial charge in [-0.05, 0) is 48.4 Å². The molecule has 0 saturated carbocycles. The van der Waals surface area contributed by atoms with Crippen molar-refractivity contribution in [1.29, 1.82) is 0 Å². The second kappa shape index (κ2) is 5.11. The molecule has 0 aliphatic carbocycles. The Hall–Kier alpha value is -1.67. The van der Waals surface area contributed by atoms with Gasteiger partial charge in [0.15, 0.2) is 0 Å². The third-order valence-corrected chi connectivity index (χ3v) is 2.90. The summed E-state index contributed by atoms with van der Waals surface area (Å²) in [4.78, 5) is 0. The van der Waals surface area contributed by atoms with Gasteiger partial charge in [0.2, 0.25) is 0 Å². The molecule has 0 fully saturated rings. The van der Waals surface area contributed by atoms with Crippen LogP contribution in [0.5, 0.6) is 0 Å². The molecule has 17 heavy (non-hydrogen) atoms.